The molecule has 1 aliphatic carbocycles. The number of carbonyl (C=O) groups excluding carboxylic acids is 3. The zero-order chi connectivity index (χ0) is 28.5. The summed E-state index contributed by atoms with van der Waals surface area (Å²) in [5.41, 5.74) is 1.20. The highest BCUT2D eigenvalue weighted by atomic mass is 35.5. The van der Waals surface area contributed by atoms with Crippen LogP contribution in [0.4, 0.5) is 5.69 Å². The van der Waals surface area contributed by atoms with Gasteiger partial charge in [0.25, 0.3) is 0 Å². The van der Waals surface area contributed by atoms with Gasteiger partial charge in [-0.1, -0.05) is 66.2 Å². The SMILES string of the molecule is COc1cccc([C@@H]2[C@H](C(=O)c3cccs3)N3c4ccc(Cl)cc4C=C[C@@H]3C23C(=O)c2ccccc2C3=O)c1OC. The number of nitrogens with zero attached hydrogens (tertiary/aromatic N) is 1. The molecule has 4 aromatic rings. The molecule has 41 heavy (non-hydrogen) atoms. The van der Waals surface area contributed by atoms with E-state index >= 15 is 0 Å². The van der Waals surface area contributed by atoms with E-state index in [1.165, 1.54) is 25.6 Å². The highest BCUT2D eigenvalue weighted by Gasteiger charge is 2.72. The average molecular weight is 582 g/mol. The number of halogens is 1. The van der Waals surface area contributed by atoms with Crippen LogP contribution in [0.3, 0.4) is 0 Å². The second kappa shape index (κ2) is 9.43. The van der Waals surface area contributed by atoms with Crippen molar-refractivity contribution in [2.75, 3.05) is 19.1 Å². The number of anilines is 1. The summed E-state index contributed by atoms with van der Waals surface area (Å²) >= 11 is 7.70. The van der Waals surface area contributed by atoms with Gasteiger partial charge in [-0.2, -0.15) is 0 Å². The van der Waals surface area contributed by atoms with Crippen molar-refractivity contribution in [3.05, 3.63) is 116 Å². The Morgan fingerprint density at radius 3 is 2.34 bits per heavy atom. The number of ketones is 3. The lowest BCUT2D eigenvalue weighted by molar-refractivity contribution is 0.0664. The summed E-state index contributed by atoms with van der Waals surface area (Å²) in [6, 6.07) is 19.7. The fourth-order valence-electron chi connectivity index (χ4n) is 7.01. The molecule has 0 saturated carbocycles. The number of methoxy groups -OCH3 is 2. The van der Waals surface area contributed by atoms with Crippen molar-refractivity contribution in [2.24, 2.45) is 5.41 Å². The van der Waals surface area contributed by atoms with Crippen LogP contribution in [0.1, 0.15) is 47.4 Å². The van der Waals surface area contributed by atoms with Gasteiger partial charge >= 0.3 is 0 Å². The minimum absolute atomic E-state index is 0.176. The van der Waals surface area contributed by atoms with Gasteiger partial charge in [-0.3, -0.25) is 14.4 Å². The maximum Gasteiger partial charge on any atom is 0.195 e. The van der Waals surface area contributed by atoms with Crippen LogP contribution >= 0.6 is 22.9 Å². The van der Waals surface area contributed by atoms with Gasteiger partial charge in [0.05, 0.1) is 25.1 Å². The molecule has 3 heterocycles. The van der Waals surface area contributed by atoms with Crippen LogP contribution in [0.5, 0.6) is 11.5 Å². The van der Waals surface area contributed by atoms with Crippen LogP contribution in [-0.2, 0) is 0 Å². The molecule has 0 unspecified atom stereocenters. The summed E-state index contributed by atoms with van der Waals surface area (Å²) in [5, 5.41) is 2.40. The van der Waals surface area contributed by atoms with Crippen molar-refractivity contribution in [2.45, 2.75) is 18.0 Å². The molecule has 1 saturated heterocycles. The van der Waals surface area contributed by atoms with Gasteiger partial charge in [-0.25, -0.2) is 0 Å². The van der Waals surface area contributed by atoms with E-state index in [1.807, 2.05) is 46.7 Å². The summed E-state index contributed by atoms with van der Waals surface area (Å²) in [5.74, 6) is -0.834. The highest BCUT2D eigenvalue weighted by Crippen LogP contribution is 2.62. The number of thiophene rings is 1. The van der Waals surface area contributed by atoms with Gasteiger partial charge in [0.2, 0.25) is 0 Å². The smallest absolute Gasteiger partial charge is 0.195 e. The van der Waals surface area contributed by atoms with Crippen molar-refractivity contribution in [1.82, 2.24) is 0 Å². The van der Waals surface area contributed by atoms with E-state index in [-0.39, 0.29) is 17.3 Å². The van der Waals surface area contributed by atoms with E-state index in [0.29, 0.717) is 38.1 Å². The predicted molar refractivity (Wildman–Crippen MR) is 159 cm³/mol. The minimum atomic E-state index is -1.63. The Kier molecular flexibility index (Phi) is 5.92. The van der Waals surface area contributed by atoms with Crippen molar-refractivity contribution in [3.63, 3.8) is 0 Å². The number of rotatable bonds is 5. The summed E-state index contributed by atoms with van der Waals surface area (Å²) < 4.78 is 11.5. The topological polar surface area (TPSA) is 72.9 Å². The third-order valence-electron chi connectivity index (χ3n) is 8.57. The number of Topliss-reactive ketones (excluding diaryl/α,β-unsaturated/α-hetero) is 3. The zero-order valence-corrected chi connectivity index (χ0v) is 23.7. The molecule has 1 fully saturated rings. The first-order valence-electron chi connectivity index (χ1n) is 13.2. The number of hydrogen-bond donors (Lipinski definition) is 0. The van der Waals surface area contributed by atoms with Crippen LogP contribution in [0.25, 0.3) is 6.08 Å². The van der Waals surface area contributed by atoms with Gasteiger partial charge in [-0.15, -0.1) is 11.3 Å². The lowest BCUT2D eigenvalue weighted by Crippen LogP contribution is -2.48. The Labute approximate surface area is 245 Å². The molecular weight excluding hydrogens is 558 g/mol. The second-order valence-electron chi connectivity index (χ2n) is 10.3. The average Bonchev–Trinajstić information content (AvgIpc) is 3.70. The summed E-state index contributed by atoms with van der Waals surface area (Å²) in [6.07, 6.45) is 3.77. The summed E-state index contributed by atoms with van der Waals surface area (Å²) in [7, 11) is 3.06. The molecule has 3 aromatic carbocycles. The molecule has 3 aliphatic rings. The third kappa shape index (κ3) is 3.39. The molecule has 7 rings (SSSR count). The first-order valence-corrected chi connectivity index (χ1v) is 14.4. The van der Waals surface area contributed by atoms with Crippen LogP contribution in [-0.4, -0.2) is 43.7 Å². The highest BCUT2D eigenvalue weighted by molar-refractivity contribution is 7.12. The zero-order valence-electron chi connectivity index (χ0n) is 22.2. The van der Waals surface area contributed by atoms with Crippen LogP contribution < -0.4 is 14.4 Å². The number of ether oxygens (including phenoxy) is 2. The molecule has 3 atom stereocenters. The minimum Gasteiger partial charge on any atom is -0.493 e. The van der Waals surface area contributed by atoms with Crippen molar-refractivity contribution in [1.29, 1.82) is 0 Å². The van der Waals surface area contributed by atoms with Crippen LogP contribution in [0, 0.1) is 5.41 Å². The fraction of sp³-hybridized carbons (Fsp3) is 0.182. The van der Waals surface area contributed by atoms with Gasteiger partial charge < -0.3 is 14.4 Å². The Balaban J connectivity index is 1.59. The Bertz CT molecular complexity index is 1740. The molecule has 2 aliphatic heterocycles. The fourth-order valence-corrected chi connectivity index (χ4v) is 7.89. The number of fused-ring (bicyclic) bond motifs is 5. The maximum absolute atomic E-state index is 14.8. The van der Waals surface area contributed by atoms with E-state index in [1.54, 1.807) is 48.5 Å². The van der Waals surface area contributed by atoms with Crippen LogP contribution in [0.2, 0.25) is 5.02 Å². The van der Waals surface area contributed by atoms with E-state index in [4.69, 9.17) is 21.1 Å². The maximum atomic E-state index is 14.8. The second-order valence-corrected chi connectivity index (χ2v) is 11.7. The van der Waals surface area contributed by atoms with Gasteiger partial charge in [0.15, 0.2) is 28.8 Å². The van der Waals surface area contributed by atoms with Crippen molar-refractivity contribution < 1.29 is 23.9 Å². The van der Waals surface area contributed by atoms with Gasteiger partial charge in [0.1, 0.15) is 11.5 Å². The molecule has 6 nitrogen and oxygen atoms in total. The molecule has 0 amide bonds. The molecule has 1 spiro atoms. The lowest BCUT2D eigenvalue weighted by Gasteiger charge is -2.37. The summed E-state index contributed by atoms with van der Waals surface area (Å²) in [4.78, 5) is 46.6. The van der Waals surface area contributed by atoms with E-state index in [9.17, 15) is 14.4 Å². The molecule has 0 N–H and O–H groups in total. The summed E-state index contributed by atoms with van der Waals surface area (Å²) in [6.45, 7) is 0. The number of carbonyl (C=O) groups is 3. The molecule has 0 radical (unpaired) electrons. The van der Waals surface area contributed by atoms with E-state index in [0.717, 1.165) is 11.3 Å². The van der Waals surface area contributed by atoms with Gasteiger partial charge in [0, 0.05) is 33.3 Å². The molecule has 0 bridgehead atoms. The normalized spacial score (nSPS) is 21.5. The monoisotopic (exact) mass is 581 g/mol. The third-order valence-corrected chi connectivity index (χ3v) is 9.69. The van der Waals surface area contributed by atoms with E-state index in [2.05, 4.69) is 0 Å². The van der Waals surface area contributed by atoms with E-state index < -0.39 is 23.4 Å². The van der Waals surface area contributed by atoms with Crippen LogP contribution in [0.15, 0.2) is 84.3 Å². The standard InChI is InChI=1S/C33H24ClNO5S/c1-39-24-10-5-9-22(30(24)40-2)27-28(29(36)25-11-6-16-41-25)35-23-14-13-19(34)17-18(23)12-15-26(35)33(27)31(37)20-7-3-4-8-21(20)32(33)38/h3-17,26-28H,1-2H3/t26-,27-,28-/m1/s1. The quantitative estimate of drug-likeness (QED) is 0.192. The Morgan fingerprint density at radius 1 is 0.927 bits per heavy atom. The molecule has 204 valence electrons. The van der Waals surface area contributed by atoms with Crippen molar-refractivity contribution in [3.8, 4) is 11.5 Å². The predicted octanol–water partition coefficient (Wildman–Crippen LogP) is 6.74. The Morgan fingerprint density at radius 2 is 1.68 bits per heavy atom. The number of hydrogen-bond acceptors (Lipinski definition) is 7. The molecule has 8 heteroatoms. The number of benzene rings is 3. The van der Waals surface area contributed by atoms with Gasteiger partial charge in [-0.05, 0) is 41.3 Å². The molecule has 1 aromatic heterocycles. The number of para-hydroxylation sites is 1. The Hall–Kier alpha value is -4.20. The molecular formula is C33H24ClNO5S. The first-order chi connectivity index (χ1) is 19.9. The largest absolute Gasteiger partial charge is 0.493 e. The lowest BCUT2D eigenvalue weighted by atomic mass is 9.64. The van der Waals surface area contributed by atoms with Crippen molar-refractivity contribution >= 4 is 52.1 Å². The first kappa shape index (κ1) is 25.7.